The average Bonchev–Trinajstić information content (AvgIpc) is 3.53. The number of carbonyl (C=O) groups is 5. The predicted molar refractivity (Wildman–Crippen MR) is 200 cm³/mol. The molecule has 8 rings (SSSR count). The monoisotopic (exact) mass is 767 g/mol. The minimum Gasteiger partial charge on any atom is -0.507 e. The summed E-state index contributed by atoms with van der Waals surface area (Å²) < 4.78 is 5.48. The minimum absolute atomic E-state index is 0.0266. The van der Waals surface area contributed by atoms with Gasteiger partial charge < -0.3 is 14.9 Å². The van der Waals surface area contributed by atoms with E-state index in [1.54, 1.807) is 60.7 Å². The normalized spacial score (nSPS) is 26.1. The number of carboxylic acids is 1. The van der Waals surface area contributed by atoms with Crippen LogP contribution in [-0.4, -0.2) is 63.4 Å². The number of fused-ring (bicyclic) bond motifs is 5. The Morgan fingerprint density at radius 1 is 0.926 bits per heavy atom. The van der Waals surface area contributed by atoms with Gasteiger partial charge in [0.2, 0.25) is 11.8 Å². The molecule has 1 saturated carbocycles. The van der Waals surface area contributed by atoms with Crippen molar-refractivity contribution >= 4 is 69.3 Å². The van der Waals surface area contributed by atoms with Crippen LogP contribution in [0.4, 0.5) is 5.69 Å². The van der Waals surface area contributed by atoms with E-state index in [0.29, 0.717) is 32.7 Å². The van der Waals surface area contributed by atoms with Crippen molar-refractivity contribution in [2.75, 3.05) is 19.1 Å². The van der Waals surface area contributed by atoms with Crippen LogP contribution in [0.5, 0.6) is 11.5 Å². The lowest BCUT2D eigenvalue weighted by atomic mass is 9.49. The van der Waals surface area contributed by atoms with Crippen molar-refractivity contribution in [3.63, 3.8) is 0 Å². The van der Waals surface area contributed by atoms with Gasteiger partial charge in [0.15, 0.2) is 0 Å². The Morgan fingerprint density at radius 2 is 1.67 bits per heavy atom. The van der Waals surface area contributed by atoms with Crippen molar-refractivity contribution in [2.45, 2.75) is 37.0 Å². The second-order valence-electron chi connectivity index (χ2n) is 14.3. The summed E-state index contributed by atoms with van der Waals surface area (Å²) in [4.78, 5) is 71.0. The Labute approximate surface area is 320 Å². The van der Waals surface area contributed by atoms with Crippen molar-refractivity contribution in [3.05, 3.63) is 112 Å². The van der Waals surface area contributed by atoms with E-state index in [4.69, 9.17) is 27.9 Å². The highest BCUT2D eigenvalue weighted by Crippen LogP contribution is 2.65. The lowest BCUT2D eigenvalue weighted by molar-refractivity contribution is -0.142. The summed E-state index contributed by atoms with van der Waals surface area (Å²) in [7, 11) is 1.53. The fraction of sp³-hybridized carbons (Fsp3) is 0.293. The fourth-order valence-electron chi connectivity index (χ4n) is 9.42. The van der Waals surface area contributed by atoms with Gasteiger partial charge in [-0.1, -0.05) is 77.3 Å². The molecule has 0 aromatic heterocycles. The summed E-state index contributed by atoms with van der Waals surface area (Å²) in [5.41, 5.74) is 3.67. The van der Waals surface area contributed by atoms with Gasteiger partial charge in [-0.2, -0.15) is 5.01 Å². The Balaban J connectivity index is 1.35. The summed E-state index contributed by atoms with van der Waals surface area (Å²) in [6.07, 6.45) is 2.17. The number of carboxylic acid groups (broad SMARTS) is 1. The molecule has 0 radical (unpaired) electrons. The first-order valence-corrected chi connectivity index (χ1v) is 18.4. The average molecular weight is 769 g/mol. The lowest BCUT2D eigenvalue weighted by Gasteiger charge is -2.51. The molecule has 4 aromatic carbocycles. The first-order valence-electron chi connectivity index (χ1n) is 17.7. The van der Waals surface area contributed by atoms with E-state index in [-0.39, 0.29) is 54.6 Å². The fourth-order valence-corrected chi connectivity index (χ4v) is 9.87. The molecule has 4 aliphatic rings. The molecule has 13 heteroatoms. The summed E-state index contributed by atoms with van der Waals surface area (Å²) in [5, 5.41) is 23.0. The number of imide groups is 2. The summed E-state index contributed by atoms with van der Waals surface area (Å²) in [6.45, 7) is -0.0266. The molecular formula is C41H35Cl2N3O8. The van der Waals surface area contributed by atoms with Crippen LogP contribution in [0.15, 0.2) is 90.5 Å². The molecule has 3 fully saturated rings. The summed E-state index contributed by atoms with van der Waals surface area (Å²) in [5.74, 6) is -6.29. The van der Waals surface area contributed by atoms with Crippen LogP contribution in [-0.2, 0) is 29.4 Å². The zero-order chi connectivity index (χ0) is 38.1. The third-order valence-corrected chi connectivity index (χ3v) is 12.2. The van der Waals surface area contributed by atoms with Crippen LogP contribution in [0.3, 0.4) is 0 Å². The topological polar surface area (TPSA) is 154 Å². The predicted octanol–water partition coefficient (Wildman–Crippen LogP) is 6.71. The van der Waals surface area contributed by atoms with Crippen molar-refractivity contribution < 1.29 is 38.9 Å². The molecule has 4 aromatic rings. The number of rotatable bonds is 9. The van der Waals surface area contributed by atoms with Gasteiger partial charge in [0.1, 0.15) is 11.5 Å². The van der Waals surface area contributed by atoms with Crippen molar-refractivity contribution in [1.29, 1.82) is 0 Å². The molecule has 11 nitrogen and oxygen atoms in total. The standard InChI is InChI=1S/C41H35Cl2N3O8/c1-54-23-11-8-21(9-12-23)41-30(38(51)46(40(41)53)44-32-16-10-22(42)19-31(32)43)20-29-27(36(41)26-15-17-33(47)25-6-3-2-5-24(25)26)13-14-28-35(29)39(52)45(37(28)50)18-4-7-34(48)49/h2-3,5-6,8-13,15-17,19,28-30,35-36,44,47H,4,7,14,18,20H2,1H3,(H,48,49)/t28-,29+,30-,35-,36-,41+/m0/s1. The van der Waals surface area contributed by atoms with Crippen LogP contribution in [0.2, 0.25) is 10.0 Å². The molecule has 0 bridgehead atoms. The number of aromatic hydroxyl groups is 1. The molecular weight excluding hydrogens is 733 g/mol. The van der Waals surface area contributed by atoms with Gasteiger partial charge in [-0.25, -0.2) is 0 Å². The zero-order valence-electron chi connectivity index (χ0n) is 29.0. The first kappa shape index (κ1) is 35.6. The Morgan fingerprint density at radius 3 is 2.37 bits per heavy atom. The number of hydrazine groups is 1. The van der Waals surface area contributed by atoms with Crippen molar-refractivity contribution in [3.8, 4) is 11.5 Å². The highest BCUT2D eigenvalue weighted by molar-refractivity contribution is 6.36. The smallest absolute Gasteiger partial charge is 0.303 e. The number of phenols is 1. The number of aliphatic carboxylic acids is 1. The molecule has 54 heavy (non-hydrogen) atoms. The van der Waals surface area contributed by atoms with Crippen LogP contribution in [0.25, 0.3) is 10.8 Å². The molecule has 2 aliphatic heterocycles. The number of nitrogens with one attached hydrogen (secondary N) is 1. The summed E-state index contributed by atoms with van der Waals surface area (Å²) in [6, 6.07) is 22.3. The number of amides is 4. The SMILES string of the molecule is COc1ccc([C@@]23C(=O)N(Nc4ccc(Cl)cc4Cl)C(=O)[C@@H]2C[C@@H]2C(=CC[C@@H]4C(=O)N(CCCC(=O)O)C(=O)[C@@H]42)[C@@H]3c2ccc(O)c3ccccc23)cc1. The van der Waals surface area contributed by atoms with Gasteiger partial charge in [-0.05, 0) is 78.1 Å². The van der Waals surface area contributed by atoms with E-state index in [9.17, 15) is 29.4 Å². The second kappa shape index (κ2) is 13.5. The first-order chi connectivity index (χ1) is 26.0. The molecule has 6 atom stereocenters. The third-order valence-electron chi connectivity index (χ3n) is 11.7. The zero-order valence-corrected chi connectivity index (χ0v) is 30.5. The van der Waals surface area contributed by atoms with Gasteiger partial charge >= 0.3 is 5.97 Å². The van der Waals surface area contributed by atoms with Crippen molar-refractivity contribution in [2.24, 2.45) is 23.7 Å². The van der Waals surface area contributed by atoms with Crippen molar-refractivity contribution in [1.82, 2.24) is 9.91 Å². The minimum atomic E-state index is -1.57. The van der Waals surface area contributed by atoms with Crippen LogP contribution >= 0.6 is 23.2 Å². The molecule has 0 unspecified atom stereocenters. The van der Waals surface area contributed by atoms with Gasteiger partial charge in [-0.15, -0.1) is 0 Å². The van der Waals surface area contributed by atoms with Gasteiger partial charge in [0, 0.05) is 29.3 Å². The highest BCUT2D eigenvalue weighted by Gasteiger charge is 2.70. The van der Waals surface area contributed by atoms with E-state index < -0.39 is 58.7 Å². The molecule has 276 valence electrons. The number of carbonyl (C=O) groups excluding carboxylic acids is 4. The highest BCUT2D eigenvalue weighted by atomic mass is 35.5. The number of anilines is 1. The number of benzene rings is 4. The number of likely N-dealkylation sites (tertiary alicyclic amines) is 1. The van der Waals surface area contributed by atoms with Crippen LogP contribution in [0, 0.1) is 23.7 Å². The lowest BCUT2D eigenvalue weighted by Crippen LogP contribution is -2.53. The molecule has 2 heterocycles. The maximum absolute atomic E-state index is 15.5. The molecule has 0 spiro atoms. The quantitative estimate of drug-likeness (QED) is 0.125. The van der Waals surface area contributed by atoms with E-state index in [1.807, 2.05) is 18.2 Å². The molecule has 2 aliphatic carbocycles. The number of halogens is 2. The number of hydrogen-bond donors (Lipinski definition) is 3. The van der Waals surface area contributed by atoms with Gasteiger partial charge in [0.25, 0.3) is 11.8 Å². The molecule has 2 saturated heterocycles. The van der Waals surface area contributed by atoms with E-state index >= 15 is 4.79 Å². The Hall–Kier alpha value is -5.39. The van der Waals surface area contributed by atoms with Gasteiger partial charge in [-0.3, -0.25) is 34.3 Å². The van der Waals surface area contributed by atoms with Crippen LogP contribution in [0.1, 0.15) is 42.7 Å². The van der Waals surface area contributed by atoms with Crippen LogP contribution < -0.4 is 10.2 Å². The largest absolute Gasteiger partial charge is 0.507 e. The maximum Gasteiger partial charge on any atom is 0.303 e. The summed E-state index contributed by atoms with van der Waals surface area (Å²) >= 11 is 12.7. The van der Waals surface area contributed by atoms with E-state index in [2.05, 4.69) is 5.43 Å². The number of ether oxygens (including phenoxy) is 1. The Kier molecular flexibility index (Phi) is 8.89. The van der Waals surface area contributed by atoms with E-state index in [1.165, 1.54) is 18.1 Å². The third kappa shape index (κ3) is 5.35. The number of methoxy groups -OCH3 is 1. The number of phenolic OH excluding ortho intramolecular Hbond substituents is 1. The second-order valence-corrected chi connectivity index (χ2v) is 15.1. The number of hydrogen-bond acceptors (Lipinski definition) is 8. The number of nitrogens with zero attached hydrogens (tertiary/aromatic N) is 2. The number of allylic oxidation sites excluding steroid dienone is 2. The molecule has 4 amide bonds. The van der Waals surface area contributed by atoms with E-state index in [0.717, 1.165) is 10.6 Å². The molecule has 3 N–H and O–H groups in total. The Bertz CT molecular complexity index is 2290. The maximum atomic E-state index is 15.5. The van der Waals surface area contributed by atoms with Gasteiger partial charge in [0.05, 0.1) is 41.0 Å².